The van der Waals surface area contributed by atoms with Crippen molar-refractivity contribution in [2.45, 2.75) is 145 Å². The van der Waals surface area contributed by atoms with Gasteiger partial charge >= 0.3 is 0 Å². The van der Waals surface area contributed by atoms with Crippen LogP contribution in [-0.2, 0) is 17.6 Å². The van der Waals surface area contributed by atoms with Crippen LogP contribution in [0.15, 0.2) is 24.3 Å². The second-order valence-electron chi connectivity index (χ2n) is 18.4. The lowest BCUT2D eigenvalue weighted by Crippen LogP contribution is -2.50. The van der Waals surface area contributed by atoms with Crippen LogP contribution in [0.25, 0.3) is 0 Å². The molecule has 6 rings (SSSR count). The normalized spacial score (nSPS) is 29.8. The van der Waals surface area contributed by atoms with Gasteiger partial charge in [0.15, 0.2) is 23.0 Å². The number of phenolic OH excluding ortho intramolecular Hbond substituents is 2. The fraction of sp³-hybridized carbons (Fsp3) is 0.708. The number of hydrogen-bond acceptors (Lipinski definition) is 13. The number of aromatic hydroxyl groups is 2. The maximum Gasteiger partial charge on any atom is 0.200 e. The zero-order chi connectivity index (χ0) is 43.5. The first kappa shape index (κ1) is 47.9. The summed E-state index contributed by atoms with van der Waals surface area (Å²) in [5.41, 5.74) is 2.67. The monoisotopic (exact) mass is 885 g/mol. The minimum absolute atomic E-state index is 0.0612. The highest BCUT2D eigenvalue weighted by Crippen LogP contribution is 2.48. The molecule has 2 aliphatic carbocycles. The average Bonchev–Trinajstić information content (AvgIpc) is 3.31. The van der Waals surface area contributed by atoms with Crippen molar-refractivity contribution in [1.29, 1.82) is 0 Å². The van der Waals surface area contributed by atoms with E-state index >= 15 is 0 Å². The summed E-state index contributed by atoms with van der Waals surface area (Å²) in [6.07, 6.45) is 10.3. The predicted octanol–water partition coefficient (Wildman–Crippen LogP) is 7.70. The molecule has 1 spiro atoms. The number of fused-ring (bicyclic) bond motifs is 2. The molecule has 0 amide bonds. The molecule has 13 heteroatoms. The topological polar surface area (TPSA) is 170 Å². The van der Waals surface area contributed by atoms with Crippen molar-refractivity contribution in [2.75, 3.05) is 39.9 Å². The van der Waals surface area contributed by atoms with Crippen molar-refractivity contribution in [3.63, 3.8) is 0 Å². The Morgan fingerprint density at radius 2 is 1.66 bits per heavy atom. The summed E-state index contributed by atoms with van der Waals surface area (Å²) in [6, 6.07) is 7.08. The Labute approximate surface area is 371 Å². The molecule has 0 radical (unpaired) electrons. The molecule has 0 saturated heterocycles. The Morgan fingerprint density at radius 1 is 0.902 bits per heavy atom. The summed E-state index contributed by atoms with van der Waals surface area (Å²) in [4.78, 5) is 0. The van der Waals surface area contributed by atoms with Gasteiger partial charge in [-0.3, -0.25) is 0 Å². The molecule has 2 saturated carbocycles. The summed E-state index contributed by atoms with van der Waals surface area (Å²) >= 11 is 0. The summed E-state index contributed by atoms with van der Waals surface area (Å²) in [6.45, 7) is 4.98. The molecule has 2 fully saturated rings. The van der Waals surface area contributed by atoms with Crippen molar-refractivity contribution >= 4 is 21.6 Å². The standard InChI is InChI=1S/C48H71NO10S2/c1-30(2)19-32-9-8-17-48(15-6-5-7-16-48)49-27-34-11-13-36(24-37(32)34)59-43-23-33-10-12-35(58-29-51)25-40(52)39(20-31-21-44(56-3)47(55)45(22-31)57-4)42(54)28-60-61-46(14-18-50)38(33)26-41(43)53/h21-23,26,30,32,34-37,39-40,42,46,49-55H,5-7,10-20,24-25,27-29H2,1-4H3. The molecule has 2 aromatic carbocycles. The summed E-state index contributed by atoms with van der Waals surface area (Å²) in [5.74, 6) is 9.68. The van der Waals surface area contributed by atoms with E-state index in [0.717, 1.165) is 49.8 Å². The van der Waals surface area contributed by atoms with Crippen molar-refractivity contribution in [3.05, 3.63) is 41.0 Å². The molecule has 2 heterocycles. The number of rotatable bonds is 12. The van der Waals surface area contributed by atoms with Crippen LogP contribution in [0.1, 0.15) is 119 Å². The Bertz CT molecular complexity index is 1740. The van der Waals surface area contributed by atoms with Crippen molar-refractivity contribution < 1.29 is 49.6 Å². The van der Waals surface area contributed by atoms with Crippen LogP contribution in [0.2, 0.25) is 0 Å². The predicted molar refractivity (Wildman–Crippen MR) is 242 cm³/mol. The molecule has 61 heavy (non-hydrogen) atoms. The van der Waals surface area contributed by atoms with Gasteiger partial charge < -0.3 is 54.9 Å². The lowest BCUT2D eigenvalue weighted by atomic mass is 9.69. The van der Waals surface area contributed by atoms with Crippen molar-refractivity contribution in [2.24, 2.45) is 29.6 Å². The summed E-state index contributed by atoms with van der Waals surface area (Å²) in [5, 5.41) is 69.6. The smallest absolute Gasteiger partial charge is 0.200 e. The molecule has 4 aliphatic rings. The second-order valence-corrected chi connectivity index (χ2v) is 21.0. The van der Waals surface area contributed by atoms with Gasteiger partial charge in [0, 0.05) is 41.4 Å². The molecule has 11 nitrogen and oxygen atoms in total. The van der Waals surface area contributed by atoms with Crippen LogP contribution >= 0.6 is 21.6 Å². The summed E-state index contributed by atoms with van der Waals surface area (Å²) in [7, 11) is 5.89. The third-order valence-corrected chi connectivity index (χ3v) is 16.6. The molecular weight excluding hydrogens is 815 g/mol. The van der Waals surface area contributed by atoms with E-state index in [1.165, 1.54) is 67.9 Å². The third kappa shape index (κ3) is 12.6. The fourth-order valence-electron chi connectivity index (χ4n) is 10.4. The van der Waals surface area contributed by atoms with E-state index in [-0.39, 0.29) is 65.1 Å². The van der Waals surface area contributed by atoms with Crippen LogP contribution in [-0.4, -0.2) is 101 Å². The molecule has 0 aromatic heterocycles. The molecular formula is C48H71NO10S2. The van der Waals surface area contributed by atoms with E-state index in [1.807, 2.05) is 6.07 Å². The number of phenols is 2. The number of aliphatic hydroxyl groups is 4. The quantitative estimate of drug-likeness (QED) is 0.0630. The Kier molecular flexibility index (Phi) is 18.0. The van der Waals surface area contributed by atoms with Gasteiger partial charge in [-0.15, -0.1) is 5.92 Å². The highest BCUT2D eigenvalue weighted by molar-refractivity contribution is 8.76. The van der Waals surface area contributed by atoms with Gasteiger partial charge in [-0.1, -0.05) is 60.6 Å². The average molecular weight is 886 g/mol. The van der Waals surface area contributed by atoms with Crippen LogP contribution < -0.4 is 19.5 Å². The lowest BCUT2D eigenvalue weighted by Gasteiger charge is -2.42. The van der Waals surface area contributed by atoms with Crippen LogP contribution in [0.3, 0.4) is 0 Å². The maximum atomic E-state index is 11.8. The minimum atomic E-state index is -1.00. The number of methoxy groups -OCH3 is 2. The zero-order valence-corrected chi connectivity index (χ0v) is 38.3. The maximum absolute atomic E-state index is 11.8. The van der Waals surface area contributed by atoms with Crippen LogP contribution in [0.4, 0.5) is 0 Å². The lowest BCUT2D eigenvalue weighted by molar-refractivity contribution is -0.0808. The van der Waals surface area contributed by atoms with Gasteiger partial charge in [0.25, 0.3) is 0 Å². The van der Waals surface area contributed by atoms with E-state index < -0.39 is 31.0 Å². The Hall–Kier alpha value is -2.54. The van der Waals surface area contributed by atoms with Gasteiger partial charge in [0.05, 0.1) is 38.6 Å². The van der Waals surface area contributed by atoms with E-state index in [1.54, 1.807) is 18.2 Å². The molecule has 9 atom stereocenters. The van der Waals surface area contributed by atoms with Crippen LogP contribution in [0.5, 0.6) is 28.7 Å². The van der Waals surface area contributed by atoms with Crippen molar-refractivity contribution in [1.82, 2.24) is 5.32 Å². The molecule has 2 aromatic rings. The molecule has 2 aliphatic heterocycles. The molecule has 9 unspecified atom stereocenters. The van der Waals surface area contributed by atoms with Gasteiger partial charge in [-0.05, 0) is 136 Å². The molecule has 340 valence electrons. The molecule has 0 bridgehead atoms. The minimum Gasteiger partial charge on any atom is -0.504 e. The Morgan fingerprint density at radius 3 is 2.34 bits per heavy atom. The largest absolute Gasteiger partial charge is 0.504 e. The first-order valence-corrected chi connectivity index (χ1v) is 25.0. The van der Waals surface area contributed by atoms with Gasteiger partial charge in [-0.25, -0.2) is 0 Å². The van der Waals surface area contributed by atoms with E-state index in [4.69, 9.17) is 18.9 Å². The highest BCUT2D eigenvalue weighted by Gasteiger charge is 2.40. The number of benzene rings is 2. The number of nitrogens with one attached hydrogen (secondary N) is 1. The second kappa shape index (κ2) is 22.9. The summed E-state index contributed by atoms with van der Waals surface area (Å²) < 4.78 is 23.4. The Balaban J connectivity index is 1.23. The van der Waals surface area contributed by atoms with Crippen molar-refractivity contribution in [3.8, 4) is 40.6 Å². The van der Waals surface area contributed by atoms with E-state index in [0.29, 0.717) is 54.2 Å². The third-order valence-electron chi connectivity index (χ3n) is 13.7. The first-order chi connectivity index (χ1) is 29.5. The van der Waals surface area contributed by atoms with E-state index in [2.05, 4.69) is 31.0 Å². The van der Waals surface area contributed by atoms with Crippen LogP contribution in [0, 0.1) is 41.4 Å². The van der Waals surface area contributed by atoms with Gasteiger partial charge in [0.1, 0.15) is 6.79 Å². The van der Waals surface area contributed by atoms with Gasteiger partial charge in [0.2, 0.25) is 5.75 Å². The zero-order valence-electron chi connectivity index (χ0n) is 36.7. The SMILES string of the molecule is COc1cc(CC2C(O)CSSC(CCO)c3cc(O)c(OC4CCC5CNC6(CC#CC(CC(C)C)C5C4)CCCCC6)cc3CCC(OCO)CC2O)cc(OC)c1O. The first-order valence-electron chi connectivity index (χ1n) is 22.6. The molecule has 7 N–H and O–H groups in total. The highest BCUT2D eigenvalue weighted by atomic mass is 33.1. The number of aliphatic hydroxyl groups excluding tert-OH is 4. The number of aryl methyl sites for hydroxylation is 1. The van der Waals surface area contributed by atoms with E-state index in [9.17, 15) is 30.6 Å². The van der Waals surface area contributed by atoms with Gasteiger partial charge in [-0.2, -0.15) is 0 Å². The number of ether oxygens (including phenoxy) is 4. The number of hydrogen-bond donors (Lipinski definition) is 7. The fourth-order valence-corrected chi connectivity index (χ4v) is 13.3.